The Morgan fingerprint density at radius 3 is 2.70 bits per heavy atom. The summed E-state index contributed by atoms with van der Waals surface area (Å²) in [4.78, 5) is 11.6. The van der Waals surface area contributed by atoms with Gasteiger partial charge in [0.25, 0.3) is 0 Å². The van der Waals surface area contributed by atoms with E-state index in [1.54, 1.807) is 0 Å². The average Bonchev–Trinajstić information content (AvgIpc) is 3.35. The molecule has 1 aromatic carbocycles. The van der Waals surface area contributed by atoms with Gasteiger partial charge in [0.05, 0.1) is 19.3 Å². The van der Waals surface area contributed by atoms with Gasteiger partial charge in [0.2, 0.25) is 0 Å². The summed E-state index contributed by atoms with van der Waals surface area (Å²) in [5.74, 6) is 7.16. The molecule has 0 bridgehead atoms. The smallest absolute Gasteiger partial charge is 0.305 e. The van der Waals surface area contributed by atoms with E-state index in [2.05, 4.69) is 70.0 Å². The maximum absolute atomic E-state index is 11.6. The minimum Gasteiger partial charge on any atom is -0.489 e. The van der Waals surface area contributed by atoms with Crippen molar-refractivity contribution in [1.82, 2.24) is 0 Å². The van der Waals surface area contributed by atoms with Crippen LogP contribution in [0.5, 0.6) is 5.75 Å². The van der Waals surface area contributed by atoms with Crippen molar-refractivity contribution in [2.45, 2.75) is 109 Å². The lowest BCUT2D eigenvalue weighted by Gasteiger charge is -2.40. The number of ether oxygens (including phenoxy) is 2. The molecule has 3 rings (SSSR count). The van der Waals surface area contributed by atoms with Crippen LogP contribution < -0.4 is 4.74 Å². The SMILES string of the molecule is CC#CC[C@H](C)[C@H](O)C=C[C@@H]1[C@H]2c3cccc(CCCC(=O)OC)c3O[C@H]2C[C@H]1O[Si](C)(C)C(C)(C)C. The minimum absolute atomic E-state index is 0.0428. The number of fused-ring (bicyclic) bond motifs is 3. The molecule has 1 aliphatic carbocycles. The van der Waals surface area contributed by atoms with E-state index in [9.17, 15) is 9.90 Å². The molecule has 0 unspecified atom stereocenters. The third kappa shape index (κ3) is 6.87. The number of carbonyl (C=O) groups excluding carboxylic acids is 1. The first-order valence-corrected chi connectivity index (χ1v) is 16.6. The standard InChI is InChI=1S/C31H46O5Si/c1-9-10-13-21(2)25(32)19-18-23-26(36-37(7,8)31(3,4)5)20-27-29(23)24-16-11-14-22(30(24)35-27)15-12-17-28(33)34-6/h11,14,16,18-19,21,23,25-27,29,32H,12-13,15,17,20H2,1-8H3/t21-,23-,25+,26+,27-,29-/m0/s1. The van der Waals surface area contributed by atoms with Crippen LogP contribution >= 0.6 is 0 Å². The second-order valence-electron chi connectivity index (χ2n) is 12.2. The largest absolute Gasteiger partial charge is 0.489 e. The van der Waals surface area contributed by atoms with Crippen LogP contribution in [-0.4, -0.2) is 44.8 Å². The van der Waals surface area contributed by atoms with E-state index in [1.165, 1.54) is 12.7 Å². The van der Waals surface area contributed by atoms with Crippen molar-refractivity contribution in [3.8, 4) is 17.6 Å². The van der Waals surface area contributed by atoms with Crippen LogP contribution in [0.1, 0.15) is 77.3 Å². The molecule has 37 heavy (non-hydrogen) atoms. The summed E-state index contributed by atoms with van der Waals surface area (Å²) in [6.07, 6.45) is 7.07. The molecule has 0 saturated heterocycles. The third-order valence-electron chi connectivity index (χ3n) is 8.49. The molecule has 2 aliphatic rings. The number of esters is 1. The first kappa shape index (κ1) is 29.5. The Kier molecular flexibility index (Phi) is 9.71. The summed E-state index contributed by atoms with van der Waals surface area (Å²) in [5.41, 5.74) is 2.36. The van der Waals surface area contributed by atoms with Crippen molar-refractivity contribution >= 4 is 14.3 Å². The Bertz CT molecular complexity index is 1030. The molecule has 6 atom stereocenters. The number of aryl methyl sites for hydroxylation is 1. The maximum atomic E-state index is 11.6. The quantitative estimate of drug-likeness (QED) is 0.165. The van der Waals surface area contributed by atoms with Gasteiger partial charge in [0.15, 0.2) is 8.32 Å². The van der Waals surface area contributed by atoms with Gasteiger partial charge in [-0.3, -0.25) is 4.79 Å². The summed E-state index contributed by atoms with van der Waals surface area (Å²) >= 11 is 0. The minimum atomic E-state index is -2.00. The zero-order chi connectivity index (χ0) is 27.4. The Balaban J connectivity index is 1.88. The summed E-state index contributed by atoms with van der Waals surface area (Å²) < 4.78 is 18.4. The number of carbonyl (C=O) groups is 1. The molecular weight excluding hydrogens is 480 g/mol. The number of hydrogen-bond acceptors (Lipinski definition) is 5. The van der Waals surface area contributed by atoms with Gasteiger partial charge in [-0.2, -0.15) is 0 Å². The van der Waals surface area contributed by atoms with E-state index in [4.69, 9.17) is 13.9 Å². The van der Waals surface area contributed by atoms with Gasteiger partial charge in [-0.15, -0.1) is 11.8 Å². The molecule has 204 valence electrons. The Hall–Kier alpha value is -2.07. The Labute approximate surface area is 225 Å². The molecule has 0 amide bonds. The fourth-order valence-corrected chi connectivity index (χ4v) is 6.53. The molecule has 5 nitrogen and oxygen atoms in total. The zero-order valence-electron chi connectivity index (χ0n) is 24.0. The number of aliphatic hydroxyl groups excluding tert-OH is 1. The van der Waals surface area contributed by atoms with E-state index >= 15 is 0 Å². The predicted molar refractivity (Wildman–Crippen MR) is 151 cm³/mol. The van der Waals surface area contributed by atoms with Gasteiger partial charge in [-0.05, 0) is 49.4 Å². The molecule has 6 heteroatoms. The number of benzene rings is 1. The van der Waals surface area contributed by atoms with Crippen molar-refractivity contribution in [1.29, 1.82) is 0 Å². The monoisotopic (exact) mass is 526 g/mol. The topological polar surface area (TPSA) is 65.0 Å². The molecule has 1 N–H and O–H groups in total. The fourth-order valence-electron chi connectivity index (χ4n) is 5.17. The van der Waals surface area contributed by atoms with Crippen LogP contribution in [0.2, 0.25) is 18.1 Å². The first-order valence-electron chi connectivity index (χ1n) is 13.7. The van der Waals surface area contributed by atoms with Crippen LogP contribution in [0.15, 0.2) is 30.4 Å². The summed E-state index contributed by atoms with van der Waals surface area (Å²) in [5, 5.41) is 10.9. The fraction of sp³-hybridized carbons (Fsp3) is 0.645. The van der Waals surface area contributed by atoms with E-state index in [0.29, 0.717) is 12.8 Å². The van der Waals surface area contributed by atoms with Gasteiger partial charge in [0, 0.05) is 36.7 Å². The number of aliphatic hydroxyl groups is 1. The van der Waals surface area contributed by atoms with Crippen LogP contribution in [-0.2, 0) is 20.4 Å². The summed E-state index contributed by atoms with van der Waals surface area (Å²) in [6, 6.07) is 6.38. The predicted octanol–water partition coefficient (Wildman–Crippen LogP) is 6.40. The lowest BCUT2D eigenvalue weighted by molar-refractivity contribution is -0.140. The van der Waals surface area contributed by atoms with E-state index in [-0.39, 0.29) is 41.0 Å². The molecule has 0 aromatic heterocycles. The molecule has 1 fully saturated rings. The first-order chi connectivity index (χ1) is 17.4. The van der Waals surface area contributed by atoms with E-state index in [0.717, 1.165) is 30.6 Å². The number of rotatable bonds is 10. The molecular formula is C31H46O5Si. The Morgan fingerprint density at radius 2 is 2.05 bits per heavy atom. The summed E-state index contributed by atoms with van der Waals surface area (Å²) in [6.45, 7) is 15.3. The molecule has 1 heterocycles. The van der Waals surface area contributed by atoms with Gasteiger partial charge in [-0.25, -0.2) is 0 Å². The highest BCUT2D eigenvalue weighted by atomic mass is 28.4. The molecule has 0 spiro atoms. The molecule has 1 aromatic rings. The number of hydrogen-bond donors (Lipinski definition) is 1. The van der Waals surface area contributed by atoms with Crippen LogP contribution in [0.25, 0.3) is 0 Å². The van der Waals surface area contributed by atoms with Crippen molar-refractivity contribution in [2.24, 2.45) is 11.8 Å². The lowest BCUT2D eigenvalue weighted by Crippen LogP contribution is -2.45. The van der Waals surface area contributed by atoms with Crippen LogP contribution in [0.4, 0.5) is 0 Å². The van der Waals surface area contributed by atoms with Gasteiger partial charge in [0.1, 0.15) is 11.9 Å². The molecule has 1 saturated carbocycles. The normalized spacial score (nSPS) is 24.6. The van der Waals surface area contributed by atoms with Crippen molar-refractivity contribution in [2.75, 3.05) is 7.11 Å². The second kappa shape index (κ2) is 12.2. The van der Waals surface area contributed by atoms with E-state index < -0.39 is 14.4 Å². The number of para-hydroxylation sites is 1. The third-order valence-corrected chi connectivity index (χ3v) is 13.0. The zero-order valence-corrected chi connectivity index (χ0v) is 25.0. The number of methoxy groups -OCH3 is 1. The molecule has 1 aliphatic heterocycles. The Morgan fingerprint density at radius 1 is 1.32 bits per heavy atom. The van der Waals surface area contributed by atoms with Gasteiger partial charge >= 0.3 is 5.97 Å². The molecule has 0 radical (unpaired) electrons. The lowest BCUT2D eigenvalue weighted by atomic mass is 9.86. The van der Waals surface area contributed by atoms with Crippen molar-refractivity contribution in [3.05, 3.63) is 41.5 Å². The second-order valence-corrected chi connectivity index (χ2v) is 16.9. The highest BCUT2D eigenvalue weighted by Gasteiger charge is 2.52. The highest BCUT2D eigenvalue weighted by molar-refractivity contribution is 6.74. The van der Waals surface area contributed by atoms with Crippen molar-refractivity contribution < 1.29 is 23.8 Å². The van der Waals surface area contributed by atoms with Crippen LogP contribution in [0, 0.1) is 23.7 Å². The maximum Gasteiger partial charge on any atom is 0.305 e. The highest BCUT2D eigenvalue weighted by Crippen LogP contribution is 2.54. The van der Waals surface area contributed by atoms with E-state index in [1.807, 2.05) is 19.9 Å². The average molecular weight is 527 g/mol. The summed E-state index contributed by atoms with van der Waals surface area (Å²) in [7, 11) is -0.576. The van der Waals surface area contributed by atoms with Crippen molar-refractivity contribution in [3.63, 3.8) is 0 Å². The van der Waals surface area contributed by atoms with Crippen LogP contribution in [0.3, 0.4) is 0 Å². The van der Waals surface area contributed by atoms with Gasteiger partial charge in [-0.1, -0.05) is 58.0 Å². The van der Waals surface area contributed by atoms with Gasteiger partial charge < -0.3 is 19.0 Å².